The molecule has 0 aliphatic carbocycles. The molecule has 0 spiro atoms. The summed E-state index contributed by atoms with van der Waals surface area (Å²) in [7, 11) is 0. The van der Waals surface area contributed by atoms with E-state index in [-0.39, 0.29) is 11.8 Å². The summed E-state index contributed by atoms with van der Waals surface area (Å²) in [6, 6.07) is 26.7. The van der Waals surface area contributed by atoms with Gasteiger partial charge < -0.3 is 15.0 Å². The Morgan fingerprint density at radius 3 is 2.23 bits per heavy atom. The van der Waals surface area contributed by atoms with Gasteiger partial charge in [0.05, 0.1) is 6.61 Å². The number of rotatable bonds is 13. The number of benzene rings is 3. The minimum absolute atomic E-state index is 0.0582. The second-order valence-electron chi connectivity index (χ2n) is 8.41. The first-order valence-electron chi connectivity index (χ1n) is 12.1. The predicted octanol–water partition coefficient (Wildman–Crippen LogP) is 5.77. The van der Waals surface area contributed by atoms with E-state index in [0.29, 0.717) is 39.0 Å². The lowest BCUT2D eigenvalue weighted by molar-refractivity contribution is -0.141. The molecule has 0 saturated heterocycles. The average Bonchev–Trinajstić information content (AvgIpc) is 2.89. The van der Waals surface area contributed by atoms with Crippen molar-refractivity contribution in [2.24, 2.45) is 0 Å². The molecule has 35 heavy (non-hydrogen) atoms. The topological polar surface area (TPSA) is 58.6 Å². The zero-order chi connectivity index (χ0) is 24.9. The highest BCUT2D eigenvalue weighted by Crippen LogP contribution is 2.18. The summed E-state index contributed by atoms with van der Waals surface area (Å²) in [5.74, 6) is 0.603. The van der Waals surface area contributed by atoms with Gasteiger partial charge in [-0.05, 0) is 48.2 Å². The van der Waals surface area contributed by atoms with E-state index in [4.69, 9.17) is 4.74 Å². The van der Waals surface area contributed by atoms with Crippen LogP contribution >= 0.6 is 15.9 Å². The molecule has 1 atom stereocenters. The van der Waals surface area contributed by atoms with Gasteiger partial charge in [0.25, 0.3) is 0 Å². The van der Waals surface area contributed by atoms with Crippen LogP contribution in [0.3, 0.4) is 0 Å². The van der Waals surface area contributed by atoms with Crippen LogP contribution in [0, 0.1) is 0 Å². The first-order valence-corrected chi connectivity index (χ1v) is 12.9. The normalized spacial score (nSPS) is 11.5. The molecule has 0 aromatic heterocycles. The van der Waals surface area contributed by atoms with Crippen LogP contribution in [0.25, 0.3) is 0 Å². The molecule has 0 aliphatic heterocycles. The van der Waals surface area contributed by atoms with Gasteiger partial charge in [0.1, 0.15) is 11.8 Å². The number of carbonyl (C=O) groups is 2. The van der Waals surface area contributed by atoms with Gasteiger partial charge in [0.15, 0.2) is 0 Å². The quantitative estimate of drug-likeness (QED) is 0.282. The second kappa shape index (κ2) is 14.3. The summed E-state index contributed by atoms with van der Waals surface area (Å²) in [5.41, 5.74) is 1.99. The number of hydrogen-bond donors (Lipinski definition) is 1. The second-order valence-corrected chi connectivity index (χ2v) is 9.33. The van der Waals surface area contributed by atoms with Crippen LogP contribution in [0.1, 0.15) is 37.3 Å². The fraction of sp³-hybridized carbons (Fsp3) is 0.310. The molecule has 0 bridgehead atoms. The molecule has 1 N–H and O–H groups in total. The zero-order valence-electron chi connectivity index (χ0n) is 20.2. The minimum atomic E-state index is -0.602. The van der Waals surface area contributed by atoms with Crippen molar-refractivity contribution >= 4 is 27.7 Å². The van der Waals surface area contributed by atoms with Crippen molar-refractivity contribution in [1.29, 1.82) is 0 Å². The Hall–Kier alpha value is -3.12. The van der Waals surface area contributed by atoms with E-state index in [2.05, 4.69) is 21.2 Å². The van der Waals surface area contributed by atoms with Crippen LogP contribution in [-0.2, 0) is 22.6 Å². The van der Waals surface area contributed by atoms with Gasteiger partial charge >= 0.3 is 0 Å². The van der Waals surface area contributed by atoms with Crippen molar-refractivity contribution in [3.05, 3.63) is 101 Å². The molecule has 6 heteroatoms. The summed E-state index contributed by atoms with van der Waals surface area (Å²) >= 11 is 3.47. The Kier molecular flexibility index (Phi) is 10.8. The van der Waals surface area contributed by atoms with Gasteiger partial charge in [-0.25, -0.2) is 0 Å². The molecule has 3 rings (SSSR count). The summed E-state index contributed by atoms with van der Waals surface area (Å²) < 4.78 is 6.74. The van der Waals surface area contributed by atoms with Gasteiger partial charge in [0, 0.05) is 30.4 Å². The third-order valence-corrected chi connectivity index (χ3v) is 6.16. The van der Waals surface area contributed by atoms with Gasteiger partial charge in [-0.3, -0.25) is 9.59 Å². The highest BCUT2D eigenvalue weighted by atomic mass is 79.9. The third-order valence-electron chi connectivity index (χ3n) is 5.63. The monoisotopic (exact) mass is 536 g/mol. The van der Waals surface area contributed by atoms with Crippen molar-refractivity contribution < 1.29 is 14.3 Å². The lowest BCUT2D eigenvalue weighted by Gasteiger charge is -2.31. The molecule has 0 saturated carbocycles. The van der Waals surface area contributed by atoms with Crippen LogP contribution in [0.4, 0.5) is 0 Å². The first-order chi connectivity index (χ1) is 17.1. The molecule has 1 unspecified atom stereocenters. The van der Waals surface area contributed by atoms with Crippen LogP contribution in [0.5, 0.6) is 5.75 Å². The van der Waals surface area contributed by atoms with Gasteiger partial charge in [-0.15, -0.1) is 0 Å². The molecule has 0 heterocycles. The van der Waals surface area contributed by atoms with E-state index in [0.717, 1.165) is 27.8 Å². The molecule has 2 amide bonds. The van der Waals surface area contributed by atoms with Crippen molar-refractivity contribution in [2.75, 3.05) is 13.2 Å². The molecule has 5 nitrogen and oxygen atoms in total. The largest absolute Gasteiger partial charge is 0.494 e. The molecule has 0 radical (unpaired) electrons. The fourth-order valence-corrected chi connectivity index (χ4v) is 4.04. The fourth-order valence-electron chi connectivity index (χ4n) is 3.78. The summed E-state index contributed by atoms with van der Waals surface area (Å²) in [4.78, 5) is 28.5. The average molecular weight is 537 g/mol. The van der Waals surface area contributed by atoms with Crippen LogP contribution in [0.2, 0.25) is 0 Å². The Morgan fingerprint density at radius 2 is 1.57 bits per heavy atom. The molecule has 0 aliphatic rings. The van der Waals surface area contributed by atoms with E-state index in [9.17, 15) is 9.59 Å². The molecule has 3 aromatic carbocycles. The minimum Gasteiger partial charge on any atom is -0.494 e. The van der Waals surface area contributed by atoms with Crippen molar-refractivity contribution in [2.45, 2.75) is 45.2 Å². The Labute approximate surface area is 216 Å². The SMILES string of the molecule is CCCNC(=O)C(Cc1ccccc1)N(Cc1ccc(Br)cc1)C(=O)CCCOc1ccccc1. The maximum Gasteiger partial charge on any atom is 0.243 e. The van der Waals surface area contributed by atoms with Gasteiger partial charge in [-0.2, -0.15) is 0 Å². The molecule has 184 valence electrons. The Balaban J connectivity index is 1.77. The Morgan fingerprint density at radius 1 is 0.914 bits per heavy atom. The van der Waals surface area contributed by atoms with E-state index >= 15 is 0 Å². The van der Waals surface area contributed by atoms with E-state index < -0.39 is 6.04 Å². The number of nitrogens with zero attached hydrogens (tertiary/aromatic N) is 1. The van der Waals surface area contributed by atoms with Gasteiger partial charge in [0.2, 0.25) is 11.8 Å². The Bertz CT molecular complexity index is 1040. The van der Waals surface area contributed by atoms with Crippen LogP contribution in [0.15, 0.2) is 89.4 Å². The molecular formula is C29H33BrN2O3. The first kappa shape index (κ1) is 26.5. The van der Waals surface area contributed by atoms with Gasteiger partial charge in [-0.1, -0.05) is 83.5 Å². The maximum atomic E-state index is 13.5. The number of amides is 2. The summed E-state index contributed by atoms with van der Waals surface area (Å²) in [5, 5.41) is 3.01. The zero-order valence-corrected chi connectivity index (χ0v) is 21.7. The van der Waals surface area contributed by atoms with Crippen molar-refractivity contribution in [1.82, 2.24) is 10.2 Å². The number of nitrogens with one attached hydrogen (secondary N) is 1. The third kappa shape index (κ3) is 8.87. The predicted molar refractivity (Wildman–Crippen MR) is 143 cm³/mol. The van der Waals surface area contributed by atoms with E-state index in [1.165, 1.54) is 0 Å². The molecule has 3 aromatic rings. The lowest BCUT2D eigenvalue weighted by atomic mass is 10.0. The number of para-hydroxylation sites is 1. The van der Waals surface area contributed by atoms with E-state index in [1.807, 2.05) is 91.9 Å². The van der Waals surface area contributed by atoms with Crippen LogP contribution < -0.4 is 10.1 Å². The van der Waals surface area contributed by atoms with Crippen molar-refractivity contribution in [3.63, 3.8) is 0 Å². The molecule has 0 fully saturated rings. The smallest absolute Gasteiger partial charge is 0.243 e. The standard InChI is InChI=1S/C29H33BrN2O3/c1-2-19-31-29(34)27(21-23-10-5-3-6-11-23)32(22-24-15-17-25(30)18-16-24)28(33)14-9-20-35-26-12-7-4-8-13-26/h3-8,10-13,15-18,27H,2,9,14,19-22H2,1H3,(H,31,34). The highest BCUT2D eigenvalue weighted by molar-refractivity contribution is 9.10. The van der Waals surface area contributed by atoms with E-state index in [1.54, 1.807) is 4.90 Å². The lowest BCUT2D eigenvalue weighted by Crippen LogP contribution is -2.50. The van der Waals surface area contributed by atoms with Crippen LogP contribution in [-0.4, -0.2) is 35.9 Å². The number of halogens is 1. The van der Waals surface area contributed by atoms with Crippen molar-refractivity contribution in [3.8, 4) is 5.75 Å². The summed E-state index contributed by atoms with van der Waals surface area (Å²) in [6.07, 6.45) is 2.16. The summed E-state index contributed by atoms with van der Waals surface area (Å²) in [6.45, 7) is 3.40. The number of carbonyl (C=O) groups excluding carboxylic acids is 2. The number of ether oxygens (including phenoxy) is 1. The highest BCUT2D eigenvalue weighted by Gasteiger charge is 2.30. The molecular weight excluding hydrogens is 504 g/mol. The maximum absolute atomic E-state index is 13.5. The number of hydrogen-bond acceptors (Lipinski definition) is 3.